The van der Waals surface area contributed by atoms with E-state index < -0.39 is 0 Å². The number of rotatable bonds is 2. The summed E-state index contributed by atoms with van der Waals surface area (Å²) >= 11 is 2.23. The van der Waals surface area contributed by atoms with Crippen LogP contribution in [0.25, 0.3) is 0 Å². The largest absolute Gasteiger partial charge is 0.311 e. The molecule has 0 fully saturated rings. The standard InChI is InChI=1S/C15H14INO/c1-11-3-9-14(10-4-11)17(2)15(18)12-5-7-13(16)8-6-12/h3-10H,1-2H3. The summed E-state index contributed by atoms with van der Waals surface area (Å²) in [5.74, 6) is 0.00949. The number of aryl methyl sites for hydroxylation is 1. The molecule has 2 aromatic carbocycles. The molecule has 0 saturated heterocycles. The number of benzene rings is 2. The van der Waals surface area contributed by atoms with E-state index in [9.17, 15) is 4.79 Å². The van der Waals surface area contributed by atoms with E-state index in [1.54, 1.807) is 11.9 Å². The average Bonchev–Trinajstić information content (AvgIpc) is 2.39. The highest BCUT2D eigenvalue weighted by Crippen LogP contribution is 2.17. The van der Waals surface area contributed by atoms with E-state index in [2.05, 4.69) is 22.6 Å². The molecule has 0 aromatic heterocycles. The number of hydrogen-bond acceptors (Lipinski definition) is 1. The fourth-order valence-corrected chi connectivity index (χ4v) is 2.03. The Morgan fingerprint density at radius 3 is 2.11 bits per heavy atom. The van der Waals surface area contributed by atoms with E-state index in [0.29, 0.717) is 5.56 Å². The lowest BCUT2D eigenvalue weighted by atomic mass is 10.1. The van der Waals surface area contributed by atoms with Gasteiger partial charge in [0, 0.05) is 21.9 Å². The number of amides is 1. The maximum absolute atomic E-state index is 12.3. The minimum Gasteiger partial charge on any atom is -0.311 e. The summed E-state index contributed by atoms with van der Waals surface area (Å²) < 4.78 is 1.13. The Bertz CT molecular complexity index is 546. The number of nitrogens with zero attached hydrogens (tertiary/aromatic N) is 1. The van der Waals surface area contributed by atoms with Gasteiger partial charge in [-0.25, -0.2) is 0 Å². The van der Waals surface area contributed by atoms with Crippen LogP contribution >= 0.6 is 22.6 Å². The van der Waals surface area contributed by atoms with E-state index in [-0.39, 0.29) is 5.91 Å². The predicted octanol–water partition coefficient (Wildman–Crippen LogP) is 3.88. The van der Waals surface area contributed by atoms with Gasteiger partial charge in [0.2, 0.25) is 0 Å². The summed E-state index contributed by atoms with van der Waals surface area (Å²) in [7, 11) is 1.80. The summed E-state index contributed by atoms with van der Waals surface area (Å²) in [6, 6.07) is 15.5. The molecular weight excluding hydrogens is 337 g/mol. The van der Waals surface area contributed by atoms with Gasteiger partial charge in [-0.2, -0.15) is 0 Å². The van der Waals surface area contributed by atoms with Crippen molar-refractivity contribution in [2.24, 2.45) is 0 Å². The molecule has 1 amide bonds. The van der Waals surface area contributed by atoms with Crippen molar-refractivity contribution in [2.45, 2.75) is 6.92 Å². The molecule has 0 unspecified atom stereocenters. The third-order valence-electron chi connectivity index (χ3n) is 2.82. The van der Waals surface area contributed by atoms with Gasteiger partial charge in [0.05, 0.1) is 0 Å². The second-order valence-electron chi connectivity index (χ2n) is 4.21. The van der Waals surface area contributed by atoms with Gasteiger partial charge in [0.25, 0.3) is 5.91 Å². The maximum Gasteiger partial charge on any atom is 0.258 e. The van der Waals surface area contributed by atoms with E-state index in [4.69, 9.17) is 0 Å². The Labute approximate surface area is 121 Å². The van der Waals surface area contributed by atoms with Gasteiger partial charge in [-0.3, -0.25) is 4.79 Å². The van der Waals surface area contributed by atoms with Crippen LogP contribution in [-0.2, 0) is 0 Å². The van der Waals surface area contributed by atoms with Gasteiger partial charge >= 0.3 is 0 Å². The molecule has 3 heteroatoms. The second kappa shape index (κ2) is 5.52. The van der Waals surface area contributed by atoms with Crippen molar-refractivity contribution in [1.29, 1.82) is 0 Å². The zero-order valence-electron chi connectivity index (χ0n) is 10.4. The number of hydrogen-bond donors (Lipinski definition) is 0. The molecule has 0 aliphatic heterocycles. The van der Waals surface area contributed by atoms with Crippen LogP contribution < -0.4 is 4.90 Å². The molecule has 0 aliphatic rings. The zero-order chi connectivity index (χ0) is 13.1. The van der Waals surface area contributed by atoms with Crippen molar-refractivity contribution < 1.29 is 4.79 Å². The molecular formula is C15H14INO. The van der Waals surface area contributed by atoms with Gasteiger partial charge in [-0.15, -0.1) is 0 Å². The highest BCUT2D eigenvalue weighted by Gasteiger charge is 2.12. The minimum atomic E-state index is 0.00949. The van der Waals surface area contributed by atoms with Crippen LogP contribution in [0.15, 0.2) is 48.5 Å². The van der Waals surface area contributed by atoms with Gasteiger partial charge in [-0.05, 0) is 65.9 Å². The first-order valence-electron chi connectivity index (χ1n) is 5.68. The number of carbonyl (C=O) groups excluding carboxylic acids is 1. The maximum atomic E-state index is 12.3. The fraction of sp³-hybridized carbons (Fsp3) is 0.133. The van der Waals surface area contributed by atoms with Gasteiger partial charge in [0.1, 0.15) is 0 Å². The van der Waals surface area contributed by atoms with Gasteiger partial charge < -0.3 is 4.90 Å². The Morgan fingerprint density at radius 2 is 1.56 bits per heavy atom. The van der Waals surface area contributed by atoms with Gasteiger partial charge in [0.15, 0.2) is 0 Å². The smallest absolute Gasteiger partial charge is 0.258 e. The summed E-state index contributed by atoms with van der Waals surface area (Å²) in [4.78, 5) is 13.9. The molecule has 0 N–H and O–H groups in total. The predicted molar refractivity (Wildman–Crippen MR) is 83.1 cm³/mol. The van der Waals surface area contributed by atoms with Crippen LogP contribution in [0.4, 0.5) is 5.69 Å². The lowest BCUT2D eigenvalue weighted by Crippen LogP contribution is -2.26. The van der Waals surface area contributed by atoms with Crippen LogP contribution in [0.5, 0.6) is 0 Å². The van der Waals surface area contributed by atoms with Gasteiger partial charge in [-0.1, -0.05) is 17.7 Å². The average molecular weight is 351 g/mol. The minimum absolute atomic E-state index is 0.00949. The number of halogens is 1. The first-order chi connectivity index (χ1) is 8.58. The monoisotopic (exact) mass is 351 g/mol. The highest BCUT2D eigenvalue weighted by atomic mass is 127. The van der Waals surface area contributed by atoms with E-state index in [1.807, 2.05) is 55.5 Å². The first-order valence-corrected chi connectivity index (χ1v) is 6.76. The number of carbonyl (C=O) groups is 1. The van der Waals surface area contributed by atoms with Crippen molar-refractivity contribution in [3.8, 4) is 0 Å². The lowest BCUT2D eigenvalue weighted by molar-refractivity contribution is 0.0993. The van der Waals surface area contributed by atoms with Crippen LogP contribution in [0.3, 0.4) is 0 Å². The van der Waals surface area contributed by atoms with Crippen molar-refractivity contribution in [3.05, 3.63) is 63.2 Å². The quantitative estimate of drug-likeness (QED) is 0.752. The molecule has 0 bridgehead atoms. The molecule has 0 spiro atoms. The zero-order valence-corrected chi connectivity index (χ0v) is 12.5. The molecule has 0 atom stereocenters. The lowest BCUT2D eigenvalue weighted by Gasteiger charge is -2.17. The van der Waals surface area contributed by atoms with Crippen molar-refractivity contribution in [2.75, 3.05) is 11.9 Å². The van der Waals surface area contributed by atoms with Crippen LogP contribution in [0, 0.1) is 10.5 Å². The summed E-state index contributed by atoms with van der Waals surface area (Å²) in [5, 5.41) is 0. The normalized spacial score (nSPS) is 10.2. The van der Waals surface area contributed by atoms with E-state index in [1.165, 1.54) is 5.56 Å². The third-order valence-corrected chi connectivity index (χ3v) is 3.54. The van der Waals surface area contributed by atoms with Crippen LogP contribution in [0.1, 0.15) is 15.9 Å². The summed E-state index contributed by atoms with van der Waals surface area (Å²) in [6.45, 7) is 2.03. The summed E-state index contributed by atoms with van der Waals surface area (Å²) in [6.07, 6.45) is 0. The number of anilines is 1. The molecule has 0 heterocycles. The molecule has 18 heavy (non-hydrogen) atoms. The second-order valence-corrected chi connectivity index (χ2v) is 5.45. The fourth-order valence-electron chi connectivity index (χ4n) is 1.67. The Kier molecular flexibility index (Phi) is 4.01. The Balaban J connectivity index is 2.23. The molecule has 0 saturated carbocycles. The molecule has 2 rings (SSSR count). The van der Waals surface area contributed by atoms with Crippen molar-refractivity contribution in [1.82, 2.24) is 0 Å². The first kappa shape index (κ1) is 13.1. The summed E-state index contributed by atoms with van der Waals surface area (Å²) in [5.41, 5.74) is 2.80. The highest BCUT2D eigenvalue weighted by molar-refractivity contribution is 14.1. The van der Waals surface area contributed by atoms with E-state index in [0.717, 1.165) is 9.26 Å². The molecule has 2 aromatic rings. The van der Waals surface area contributed by atoms with Crippen LogP contribution in [0.2, 0.25) is 0 Å². The Morgan fingerprint density at radius 1 is 1.00 bits per heavy atom. The Hall–Kier alpha value is -1.36. The SMILES string of the molecule is Cc1ccc(N(C)C(=O)c2ccc(I)cc2)cc1. The molecule has 2 nitrogen and oxygen atoms in total. The van der Waals surface area contributed by atoms with E-state index >= 15 is 0 Å². The topological polar surface area (TPSA) is 20.3 Å². The molecule has 92 valence electrons. The molecule has 0 aliphatic carbocycles. The van der Waals surface area contributed by atoms with Crippen LogP contribution in [-0.4, -0.2) is 13.0 Å². The third kappa shape index (κ3) is 2.90. The van der Waals surface area contributed by atoms with Crippen molar-refractivity contribution >= 4 is 34.2 Å². The van der Waals surface area contributed by atoms with Crippen molar-refractivity contribution in [3.63, 3.8) is 0 Å². The molecule has 0 radical (unpaired) electrons.